The first-order chi connectivity index (χ1) is 7.59. The van der Waals surface area contributed by atoms with E-state index in [1.165, 1.54) is 0 Å². The van der Waals surface area contributed by atoms with Gasteiger partial charge in [-0.1, -0.05) is 30.8 Å². The van der Waals surface area contributed by atoms with E-state index in [9.17, 15) is 5.11 Å². The molecular weight excluding hydrogens is 200 g/mol. The Labute approximate surface area is 94.8 Å². The Morgan fingerprint density at radius 2 is 1.94 bits per heavy atom. The molecule has 2 rings (SSSR count). The smallest absolute Gasteiger partial charge is 0.137 e. The molecule has 0 aliphatic heterocycles. The first kappa shape index (κ1) is 10.6. The molecule has 2 heteroatoms. The molecule has 0 aliphatic rings. The van der Waals surface area contributed by atoms with Gasteiger partial charge in [-0.3, -0.25) is 0 Å². The normalized spacial score (nSPS) is 10.4. The van der Waals surface area contributed by atoms with Gasteiger partial charge in [0.2, 0.25) is 0 Å². The fourth-order valence-corrected chi connectivity index (χ4v) is 1.73. The lowest BCUT2D eigenvalue weighted by Gasteiger charge is -2.12. The minimum atomic E-state index is 0.268. The molecule has 0 bridgehead atoms. The number of aromatic hydroxyl groups is 1. The van der Waals surface area contributed by atoms with Crippen molar-refractivity contribution in [2.75, 3.05) is 0 Å². The van der Waals surface area contributed by atoms with Gasteiger partial charge < -0.3 is 9.84 Å². The molecule has 0 fully saturated rings. The van der Waals surface area contributed by atoms with Crippen molar-refractivity contribution < 1.29 is 9.84 Å². The van der Waals surface area contributed by atoms with Gasteiger partial charge in [-0.25, -0.2) is 0 Å². The summed E-state index contributed by atoms with van der Waals surface area (Å²) in [6.07, 6.45) is 0. The number of hydrogen-bond donors (Lipinski definition) is 1. The van der Waals surface area contributed by atoms with Gasteiger partial charge >= 0.3 is 0 Å². The molecule has 1 N–H and O–H groups in total. The number of phenolic OH excluding ortho intramolecular Hbond substituents is 1. The Morgan fingerprint density at radius 3 is 2.62 bits per heavy atom. The van der Waals surface area contributed by atoms with Crippen molar-refractivity contribution >= 4 is 10.8 Å². The minimum Gasteiger partial charge on any atom is -0.507 e. The molecule has 82 valence electrons. The maximum atomic E-state index is 9.74. The fraction of sp³-hybridized carbons (Fsp3) is 0.143. The largest absolute Gasteiger partial charge is 0.507 e. The highest BCUT2D eigenvalue weighted by atomic mass is 16.5. The van der Waals surface area contributed by atoms with E-state index in [1.54, 1.807) is 13.0 Å². The molecule has 16 heavy (non-hydrogen) atoms. The van der Waals surface area contributed by atoms with Crippen LogP contribution in [0.2, 0.25) is 0 Å². The van der Waals surface area contributed by atoms with E-state index in [1.807, 2.05) is 31.2 Å². The van der Waals surface area contributed by atoms with Crippen LogP contribution in [0.1, 0.15) is 12.5 Å². The minimum absolute atomic E-state index is 0.268. The van der Waals surface area contributed by atoms with Gasteiger partial charge in [0.15, 0.2) is 0 Å². The van der Waals surface area contributed by atoms with E-state index in [0.29, 0.717) is 5.76 Å². The highest BCUT2D eigenvalue weighted by Gasteiger charge is 2.08. The zero-order valence-corrected chi connectivity index (χ0v) is 9.45. The van der Waals surface area contributed by atoms with Crippen molar-refractivity contribution in [2.24, 2.45) is 0 Å². The summed E-state index contributed by atoms with van der Waals surface area (Å²) >= 11 is 0. The van der Waals surface area contributed by atoms with Crippen molar-refractivity contribution in [1.29, 1.82) is 0 Å². The van der Waals surface area contributed by atoms with Crippen LogP contribution in [0.15, 0.2) is 42.7 Å². The Bertz CT molecular complexity index is 556. The SMILES string of the molecule is C=C(C)Oc1c(C)ccc2c(O)cccc12. The Morgan fingerprint density at radius 1 is 1.19 bits per heavy atom. The molecule has 2 aromatic rings. The van der Waals surface area contributed by atoms with Crippen LogP contribution in [0.4, 0.5) is 0 Å². The highest BCUT2D eigenvalue weighted by Crippen LogP contribution is 2.34. The maximum absolute atomic E-state index is 9.74. The Balaban J connectivity index is 2.74. The fourth-order valence-electron chi connectivity index (χ4n) is 1.73. The number of phenols is 1. The number of hydrogen-bond acceptors (Lipinski definition) is 2. The lowest BCUT2D eigenvalue weighted by Crippen LogP contribution is -1.92. The zero-order chi connectivity index (χ0) is 11.7. The van der Waals surface area contributed by atoms with Gasteiger partial charge in [0.05, 0.1) is 5.76 Å². The average Bonchev–Trinajstić information content (AvgIpc) is 2.22. The van der Waals surface area contributed by atoms with E-state index in [0.717, 1.165) is 22.1 Å². The summed E-state index contributed by atoms with van der Waals surface area (Å²) in [7, 11) is 0. The van der Waals surface area contributed by atoms with Crippen molar-refractivity contribution in [3.63, 3.8) is 0 Å². The topological polar surface area (TPSA) is 29.5 Å². The summed E-state index contributed by atoms with van der Waals surface area (Å²) in [5.74, 6) is 1.67. The van der Waals surface area contributed by atoms with Crippen molar-refractivity contribution in [3.8, 4) is 11.5 Å². The van der Waals surface area contributed by atoms with E-state index in [-0.39, 0.29) is 5.75 Å². The molecular formula is C14H14O2. The van der Waals surface area contributed by atoms with Gasteiger partial charge in [0.25, 0.3) is 0 Å². The summed E-state index contributed by atoms with van der Waals surface area (Å²) in [4.78, 5) is 0. The van der Waals surface area contributed by atoms with E-state index in [4.69, 9.17) is 4.74 Å². The molecule has 0 saturated heterocycles. The molecule has 0 aromatic heterocycles. The van der Waals surface area contributed by atoms with Crippen molar-refractivity contribution in [3.05, 3.63) is 48.2 Å². The van der Waals surface area contributed by atoms with Crippen molar-refractivity contribution in [2.45, 2.75) is 13.8 Å². The number of benzene rings is 2. The second-order valence-electron chi connectivity index (χ2n) is 3.89. The van der Waals surface area contributed by atoms with Crippen LogP contribution in [-0.2, 0) is 0 Å². The van der Waals surface area contributed by atoms with Crippen LogP contribution >= 0.6 is 0 Å². The van der Waals surface area contributed by atoms with Crippen LogP contribution in [-0.4, -0.2) is 5.11 Å². The van der Waals surface area contributed by atoms with Crippen LogP contribution in [0.25, 0.3) is 10.8 Å². The van der Waals surface area contributed by atoms with Gasteiger partial charge in [0, 0.05) is 10.8 Å². The third kappa shape index (κ3) is 1.74. The molecule has 0 atom stereocenters. The summed E-state index contributed by atoms with van der Waals surface area (Å²) < 4.78 is 5.61. The first-order valence-corrected chi connectivity index (χ1v) is 5.14. The molecule has 0 unspecified atom stereocenters. The first-order valence-electron chi connectivity index (χ1n) is 5.14. The second-order valence-corrected chi connectivity index (χ2v) is 3.89. The van der Waals surface area contributed by atoms with Crippen LogP contribution in [0.3, 0.4) is 0 Å². The average molecular weight is 214 g/mol. The Hall–Kier alpha value is -1.96. The van der Waals surface area contributed by atoms with Gasteiger partial charge in [-0.2, -0.15) is 0 Å². The summed E-state index contributed by atoms with van der Waals surface area (Å²) in [5.41, 5.74) is 1.03. The molecule has 0 aliphatic carbocycles. The standard InChI is InChI=1S/C14H14O2/c1-9(2)16-14-10(3)7-8-11-12(14)5-4-6-13(11)15/h4-8,15H,1H2,2-3H3. The zero-order valence-electron chi connectivity index (χ0n) is 9.45. The predicted octanol–water partition coefficient (Wildman–Crippen LogP) is 3.77. The maximum Gasteiger partial charge on any atom is 0.137 e. The molecule has 2 aromatic carbocycles. The number of rotatable bonds is 2. The summed E-state index contributed by atoms with van der Waals surface area (Å²) in [6.45, 7) is 7.52. The molecule has 0 heterocycles. The number of ether oxygens (including phenoxy) is 1. The molecule has 0 radical (unpaired) electrons. The lowest BCUT2D eigenvalue weighted by atomic mass is 10.1. The number of fused-ring (bicyclic) bond motifs is 1. The Kier molecular flexibility index (Phi) is 2.57. The van der Waals surface area contributed by atoms with Gasteiger partial charge in [-0.05, 0) is 25.5 Å². The molecule has 2 nitrogen and oxygen atoms in total. The highest BCUT2D eigenvalue weighted by molar-refractivity contribution is 5.93. The molecule has 0 saturated carbocycles. The monoisotopic (exact) mass is 214 g/mol. The van der Waals surface area contributed by atoms with Crippen LogP contribution in [0, 0.1) is 6.92 Å². The molecule has 0 amide bonds. The third-order valence-corrected chi connectivity index (χ3v) is 2.46. The van der Waals surface area contributed by atoms with Gasteiger partial charge in [0.1, 0.15) is 11.5 Å². The predicted molar refractivity (Wildman–Crippen MR) is 65.8 cm³/mol. The van der Waals surface area contributed by atoms with Gasteiger partial charge in [-0.15, -0.1) is 0 Å². The second kappa shape index (κ2) is 3.89. The van der Waals surface area contributed by atoms with E-state index < -0.39 is 0 Å². The van der Waals surface area contributed by atoms with E-state index >= 15 is 0 Å². The molecule has 0 spiro atoms. The quantitative estimate of drug-likeness (QED) is 0.771. The van der Waals surface area contributed by atoms with Crippen molar-refractivity contribution in [1.82, 2.24) is 0 Å². The number of aryl methyl sites for hydroxylation is 1. The van der Waals surface area contributed by atoms with E-state index in [2.05, 4.69) is 6.58 Å². The third-order valence-electron chi connectivity index (χ3n) is 2.46. The lowest BCUT2D eigenvalue weighted by molar-refractivity contribution is 0.432. The van der Waals surface area contributed by atoms with Crippen LogP contribution < -0.4 is 4.74 Å². The number of allylic oxidation sites excluding steroid dienone is 1. The summed E-state index contributed by atoms with van der Waals surface area (Å²) in [5, 5.41) is 11.4. The van der Waals surface area contributed by atoms with Crippen LogP contribution in [0.5, 0.6) is 11.5 Å². The summed E-state index contributed by atoms with van der Waals surface area (Å²) in [6, 6.07) is 9.23.